The number of fused-ring (bicyclic) bond motifs is 2. The van der Waals surface area contributed by atoms with Crippen molar-refractivity contribution in [3.05, 3.63) is 18.1 Å². The summed E-state index contributed by atoms with van der Waals surface area (Å²) in [5.74, 6) is 3.51. The maximum Gasteiger partial charge on any atom is 0.158 e. The van der Waals surface area contributed by atoms with E-state index in [1.807, 2.05) is 6.07 Å². The van der Waals surface area contributed by atoms with Gasteiger partial charge in [-0.25, -0.2) is 9.97 Å². The van der Waals surface area contributed by atoms with E-state index >= 15 is 0 Å². The van der Waals surface area contributed by atoms with Crippen molar-refractivity contribution >= 4 is 5.82 Å². The van der Waals surface area contributed by atoms with Crippen LogP contribution < -0.4 is 5.32 Å². The highest BCUT2D eigenvalue weighted by Gasteiger charge is 2.38. The molecule has 2 aliphatic rings. The van der Waals surface area contributed by atoms with Crippen molar-refractivity contribution in [3.63, 3.8) is 0 Å². The number of nitrogens with one attached hydrogen (secondary N) is 1. The molecule has 1 aromatic heterocycles. The number of hydrogen-bond acceptors (Lipinski definition) is 4. The highest BCUT2D eigenvalue weighted by molar-refractivity contribution is 5.33. The fourth-order valence-corrected chi connectivity index (χ4v) is 3.34. The highest BCUT2D eigenvalue weighted by Crippen LogP contribution is 2.48. The quantitative estimate of drug-likeness (QED) is 0.861. The van der Waals surface area contributed by atoms with Gasteiger partial charge < -0.3 is 5.32 Å². The molecule has 0 radical (unpaired) electrons. The zero-order valence-electron chi connectivity index (χ0n) is 9.76. The number of nitrogens with zero attached hydrogens (tertiary/aromatic N) is 3. The summed E-state index contributed by atoms with van der Waals surface area (Å²) >= 11 is 0. The van der Waals surface area contributed by atoms with Crippen LogP contribution in [0.4, 0.5) is 5.82 Å². The molecule has 0 amide bonds. The van der Waals surface area contributed by atoms with Crippen LogP contribution >= 0.6 is 0 Å². The van der Waals surface area contributed by atoms with Crippen molar-refractivity contribution in [1.29, 1.82) is 5.26 Å². The molecule has 3 unspecified atom stereocenters. The summed E-state index contributed by atoms with van der Waals surface area (Å²) in [5, 5.41) is 12.0. The van der Waals surface area contributed by atoms with Gasteiger partial charge in [0, 0.05) is 6.54 Å². The van der Waals surface area contributed by atoms with Gasteiger partial charge in [-0.2, -0.15) is 5.26 Å². The van der Waals surface area contributed by atoms with Crippen molar-refractivity contribution in [2.75, 3.05) is 11.9 Å². The molecule has 17 heavy (non-hydrogen) atoms. The topological polar surface area (TPSA) is 61.6 Å². The average Bonchev–Trinajstić information content (AvgIpc) is 2.99. The van der Waals surface area contributed by atoms with E-state index in [1.165, 1.54) is 31.9 Å². The Hall–Kier alpha value is -1.63. The van der Waals surface area contributed by atoms with Crippen molar-refractivity contribution < 1.29 is 0 Å². The first-order valence-electron chi connectivity index (χ1n) is 6.31. The Bertz CT molecular complexity index is 434. The predicted molar refractivity (Wildman–Crippen MR) is 64.2 cm³/mol. The zero-order valence-corrected chi connectivity index (χ0v) is 9.76. The summed E-state index contributed by atoms with van der Waals surface area (Å²) in [7, 11) is 0. The van der Waals surface area contributed by atoms with Crippen LogP contribution in [-0.4, -0.2) is 16.5 Å². The van der Waals surface area contributed by atoms with Gasteiger partial charge in [-0.3, -0.25) is 0 Å². The van der Waals surface area contributed by atoms with E-state index < -0.39 is 0 Å². The van der Waals surface area contributed by atoms with Gasteiger partial charge in [0.2, 0.25) is 0 Å². The van der Waals surface area contributed by atoms with Crippen molar-refractivity contribution in [1.82, 2.24) is 9.97 Å². The molecule has 2 bridgehead atoms. The molecular weight excluding hydrogens is 212 g/mol. The van der Waals surface area contributed by atoms with E-state index in [-0.39, 0.29) is 0 Å². The van der Waals surface area contributed by atoms with Crippen LogP contribution in [0.25, 0.3) is 0 Å². The van der Waals surface area contributed by atoms with Gasteiger partial charge in [0.05, 0.1) is 12.4 Å². The lowest BCUT2D eigenvalue weighted by molar-refractivity contribution is 0.348. The molecule has 0 spiro atoms. The zero-order chi connectivity index (χ0) is 11.7. The SMILES string of the molecule is N#Cc1cnc(NCC2CC3CCC2C3)cn1. The van der Waals surface area contributed by atoms with Gasteiger partial charge in [0.1, 0.15) is 11.9 Å². The van der Waals surface area contributed by atoms with Crippen LogP contribution in [0.5, 0.6) is 0 Å². The molecule has 4 heteroatoms. The largest absolute Gasteiger partial charge is 0.369 e. The van der Waals surface area contributed by atoms with E-state index in [0.29, 0.717) is 5.69 Å². The fourth-order valence-electron chi connectivity index (χ4n) is 3.34. The van der Waals surface area contributed by atoms with Gasteiger partial charge in [-0.15, -0.1) is 0 Å². The van der Waals surface area contributed by atoms with Crippen LogP contribution in [0.2, 0.25) is 0 Å². The molecule has 0 saturated heterocycles. The number of hydrogen-bond donors (Lipinski definition) is 1. The Balaban J connectivity index is 1.55. The molecule has 88 valence electrons. The number of nitriles is 1. The normalized spacial score (nSPS) is 30.2. The van der Waals surface area contributed by atoms with E-state index in [2.05, 4.69) is 15.3 Å². The van der Waals surface area contributed by atoms with Crippen molar-refractivity contribution in [3.8, 4) is 6.07 Å². The van der Waals surface area contributed by atoms with Gasteiger partial charge in [-0.1, -0.05) is 6.42 Å². The van der Waals surface area contributed by atoms with Gasteiger partial charge in [-0.05, 0) is 37.0 Å². The van der Waals surface area contributed by atoms with Crippen LogP contribution in [-0.2, 0) is 0 Å². The monoisotopic (exact) mass is 228 g/mol. The summed E-state index contributed by atoms with van der Waals surface area (Å²) in [6.45, 7) is 1.00. The average molecular weight is 228 g/mol. The Morgan fingerprint density at radius 3 is 2.82 bits per heavy atom. The van der Waals surface area contributed by atoms with E-state index in [4.69, 9.17) is 5.26 Å². The van der Waals surface area contributed by atoms with Crippen LogP contribution in [0.15, 0.2) is 12.4 Å². The lowest BCUT2D eigenvalue weighted by Crippen LogP contribution is -2.20. The Morgan fingerprint density at radius 2 is 2.24 bits per heavy atom. The Morgan fingerprint density at radius 1 is 1.29 bits per heavy atom. The molecule has 3 atom stereocenters. The lowest BCUT2D eigenvalue weighted by Gasteiger charge is -2.21. The molecule has 1 N–H and O–H groups in total. The highest BCUT2D eigenvalue weighted by atomic mass is 15.0. The maximum atomic E-state index is 8.63. The van der Waals surface area contributed by atoms with Crippen molar-refractivity contribution in [2.45, 2.75) is 25.7 Å². The van der Waals surface area contributed by atoms with Crippen molar-refractivity contribution in [2.24, 2.45) is 17.8 Å². The lowest BCUT2D eigenvalue weighted by atomic mass is 9.89. The minimum absolute atomic E-state index is 0.371. The minimum atomic E-state index is 0.371. The Kier molecular flexibility index (Phi) is 2.68. The first kappa shape index (κ1) is 10.5. The third-order valence-electron chi connectivity index (χ3n) is 4.20. The summed E-state index contributed by atoms with van der Waals surface area (Å²) in [4.78, 5) is 8.18. The molecule has 3 rings (SSSR count). The van der Waals surface area contributed by atoms with Crippen LogP contribution in [0, 0.1) is 29.1 Å². The molecule has 1 aromatic rings. The van der Waals surface area contributed by atoms with Gasteiger partial charge >= 0.3 is 0 Å². The van der Waals surface area contributed by atoms with E-state index in [9.17, 15) is 0 Å². The summed E-state index contributed by atoms with van der Waals surface area (Å²) < 4.78 is 0. The molecule has 0 aromatic carbocycles. The number of rotatable bonds is 3. The number of anilines is 1. The molecule has 2 aliphatic carbocycles. The third kappa shape index (κ3) is 2.10. The van der Waals surface area contributed by atoms with Crippen LogP contribution in [0.3, 0.4) is 0 Å². The van der Waals surface area contributed by atoms with E-state index in [1.54, 1.807) is 6.20 Å². The molecule has 0 aliphatic heterocycles. The second-order valence-corrected chi connectivity index (χ2v) is 5.21. The third-order valence-corrected chi connectivity index (χ3v) is 4.20. The molecule has 4 nitrogen and oxygen atoms in total. The minimum Gasteiger partial charge on any atom is -0.369 e. The Labute approximate surface area is 101 Å². The molecule has 1 heterocycles. The summed E-state index contributed by atoms with van der Waals surface area (Å²) in [6, 6.07) is 1.97. The summed E-state index contributed by atoms with van der Waals surface area (Å²) in [6.07, 6.45) is 8.83. The standard InChI is InChI=1S/C13H16N4/c14-5-12-7-17-13(8-15-12)16-6-11-4-9-1-2-10(11)3-9/h7-11H,1-4,6H2,(H,16,17). The second-order valence-electron chi connectivity index (χ2n) is 5.21. The molecular formula is C13H16N4. The molecule has 2 saturated carbocycles. The predicted octanol–water partition coefficient (Wildman–Crippen LogP) is 2.20. The first-order chi connectivity index (χ1) is 8.35. The molecule has 2 fully saturated rings. The first-order valence-corrected chi connectivity index (χ1v) is 6.31. The van der Waals surface area contributed by atoms with Gasteiger partial charge in [0.25, 0.3) is 0 Å². The second kappa shape index (κ2) is 4.33. The van der Waals surface area contributed by atoms with Crippen LogP contribution in [0.1, 0.15) is 31.4 Å². The van der Waals surface area contributed by atoms with E-state index in [0.717, 1.165) is 30.1 Å². The van der Waals surface area contributed by atoms with Gasteiger partial charge in [0.15, 0.2) is 5.69 Å². The smallest absolute Gasteiger partial charge is 0.158 e. The summed E-state index contributed by atoms with van der Waals surface area (Å²) in [5.41, 5.74) is 0.371. The number of aromatic nitrogens is 2. The maximum absolute atomic E-state index is 8.63. The fraction of sp³-hybridized carbons (Fsp3) is 0.615.